The number of nitrogens with one attached hydrogen (secondary N) is 1. The van der Waals surface area contributed by atoms with Crippen molar-refractivity contribution in [2.24, 2.45) is 5.84 Å². The third kappa shape index (κ3) is 4.70. The number of nitrogens with zero attached hydrogens (tertiary/aromatic N) is 1. The van der Waals surface area contributed by atoms with Crippen LogP contribution in [-0.4, -0.2) is 39.9 Å². The van der Waals surface area contributed by atoms with Crippen molar-refractivity contribution < 1.29 is 14.2 Å². The van der Waals surface area contributed by atoms with Crippen LogP contribution in [0.15, 0.2) is 24.3 Å². The molecule has 0 spiro atoms. The molecule has 0 radical (unpaired) electrons. The number of ether oxygens (including phenoxy) is 3. The molecule has 0 atom stereocenters. The summed E-state index contributed by atoms with van der Waals surface area (Å²) in [5.74, 6) is 6.25. The van der Waals surface area contributed by atoms with Gasteiger partial charge in [0.25, 0.3) is 0 Å². The molecule has 3 N–H and O–H groups in total. The molecule has 1 aromatic carbocycles. The summed E-state index contributed by atoms with van der Waals surface area (Å²) in [6, 6.07) is 7.27. The zero-order chi connectivity index (χ0) is 13.2. The van der Waals surface area contributed by atoms with Gasteiger partial charge in [0.05, 0.1) is 19.8 Å². The van der Waals surface area contributed by atoms with E-state index in [1.165, 1.54) is 5.01 Å². The van der Waals surface area contributed by atoms with Gasteiger partial charge in [-0.2, -0.15) is 0 Å². The number of hydrogen-bond acceptors (Lipinski definition) is 5. The Bertz CT molecular complexity index is 360. The van der Waals surface area contributed by atoms with Crippen molar-refractivity contribution in [3.63, 3.8) is 0 Å². The van der Waals surface area contributed by atoms with Crippen LogP contribution in [0.5, 0.6) is 5.75 Å². The molecule has 0 aliphatic rings. The number of nitrogens with two attached hydrogens (primary N) is 1. The lowest BCUT2D eigenvalue weighted by molar-refractivity contribution is 0.0545. The quantitative estimate of drug-likeness (QED) is 0.226. The van der Waals surface area contributed by atoms with Gasteiger partial charge in [0, 0.05) is 7.11 Å². The summed E-state index contributed by atoms with van der Waals surface area (Å²) < 4.78 is 15.7. The van der Waals surface area contributed by atoms with Crippen molar-refractivity contribution in [3.8, 4) is 5.75 Å². The molecule has 6 heteroatoms. The second kappa shape index (κ2) is 8.46. The molecule has 0 bridgehead atoms. The van der Waals surface area contributed by atoms with E-state index in [2.05, 4.69) is 0 Å². The SMILES string of the molecule is COCCOCCOc1ccccc1N(N)C=N. The minimum atomic E-state index is 0.423. The molecule has 0 aromatic heterocycles. The van der Waals surface area contributed by atoms with Crippen LogP contribution in [-0.2, 0) is 9.47 Å². The smallest absolute Gasteiger partial charge is 0.144 e. The maximum atomic E-state index is 7.11. The van der Waals surface area contributed by atoms with Gasteiger partial charge in [0.1, 0.15) is 24.4 Å². The predicted octanol–water partition coefficient (Wildman–Crippen LogP) is 1.02. The fraction of sp³-hybridized carbons (Fsp3) is 0.417. The van der Waals surface area contributed by atoms with Gasteiger partial charge in [-0.1, -0.05) is 12.1 Å². The number of hydrazine groups is 1. The zero-order valence-corrected chi connectivity index (χ0v) is 10.5. The van der Waals surface area contributed by atoms with Crippen molar-refractivity contribution in [1.82, 2.24) is 0 Å². The standard InChI is InChI=1S/C12H19N3O3/c1-16-6-7-17-8-9-18-12-5-3-2-4-11(12)15(14)10-13/h2-5,10,13H,6-9,14H2,1H3. The summed E-state index contributed by atoms with van der Waals surface area (Å²) in [6.07, 6.45) is 1.03. The van der Waals surface area contributed by atoms with Crippen molar-refractivity contribution in [3.05, 3.63) is 24.3 Å². The van der Waals surface area contributed by atoms with Crippen LogP contribution in [0.3, 0.4) is 0 Å². The highest BCUT2D eigenvalue weighted by atomic mass is 16.5. The zero-order valence-electron chi connectivity index (χ0n) is 10.5. The molecule has 0 saturated heterocycles. The molecule has 0 aliphatic carbocycles. The summed E-state index contributed by atoms with van der Waals surface area (Å²) in [5, 5.41) is 8.31. The average Bonchev–Trinajstić information content (AvgIpc) is 2.42. The van der Waals surface area contributed by atoms with Gasteiger partial charge in [-0.3, -0.25) is 10.4 Å². The molecule has 0 unspecified atom stereocenters. The minimum absolute atomic E-state index is 0.423. The van der Waals surface area contributed by atoms with Gasteiger partial charge in [-0.05, 0) is 12.1 Å². The normalized spacial score (nSPS) is 10.1. The van der Waals surface area contributed by atoms with Crippen LogP contribution in [0.1, 0.15) is 0 Å². The number of hydrogen-bond donors (Lipinski definition) is 2. The number of anilines is 1. The van der Waals surface area contributed by atoms with E-state index < -0.39 is 0 Å². The second-order valence-corrected chi connectivity index (χ2v) is 3.46. The lowest BCUT2D eigenvalue weighted by atomic mass is 10.3. The van der Waals surface area contributed by atoms with E-state index in [-0.39, 0.29) is 0 Å². The fourth-order valence-corrected chi connectivity index (χ4v) is 1.32. The summed E-state index contributed by atoms with van der Waals surface area (Å²) >= 11 is 0. The highest BCUT2D eigenvalue weighted by Gasteiger charge is 2.06. The number of methoxy groups -OCH3 is 1. The Morgan fingerprint density at radius 2 is 1.94 bits per heavy atom. The molecule has 1 aromatic rings. The summed E-state index contributed by atoms with van der Waals surface area (Å²) in [4.78, 5) is 0. The molecule has 0 saturated carbocycles. The number of benzene rings is 1. The number of rotatable bonds is 9. The first-order chi connectivity index (χ1) is 8.79. The molecule has 18 heavy (non-hydrogen) atoms. The molecule has 0 heterocycles. The maximum Gasteiger partial charge on any atom is 0.144 e. The first kappa shape index (κ1) is 14.4. The lowest BCUT2D eigenvalue weighted by Crippen LogP contribution is -2.29. The first-order valence-electron chi connectivity index (χ1n) is 5.62. The molecule has 0 fully saturated rings. The van der Waals surface area contributed by atoms with Gasteiger partial charge in [0.2, 0.25) is 0 Å². The van der Waals surface area contributed by atoms with Gasteiger partial charge >= 0.3 is 0 Å². The lowest BCUT2D eigenvalue weighted by Gasteiger charge is -2.16. The van der Waals surface area contributed by atoms with Crippen LogP contribution in [0.25, 0.3) is 0 Å². The van der Waals surface area contributed by atoms with Crippen molar-refractivity contribution >= 4 is 12.0 Å². The second-order valence-electron chi connectivity index (χ2n) is 3.46. The fourth-order valence-electron chi connectivity index (χ4n) is 1.32. The van der Waals surface area contributed by atoms with Gasteiger partial charge < -0.3 is 14.2 Å². The third-order valence-corrected chi connectivity index (χ3v) is 2.20. The van der Waals surface area contributed by atoms with Gasteiger partial charge in [-0.25, -0.2) is 5.84 Å². The molecular weight excluding hydrogens is 234 g/mol. The summed E-state index contributed by atoms with van der Waals surface area (Å²) in [7, 11) is 1.63. The molecule has 0 aliphatic heterocycles. The van der Waals surface area contributed by atoms with E-state index in [1.54, 1.807) is 19.2 Å². The van der Waals surface area contributed by atoms with Crippen molar-refractivity contribution in [1.29, 1.82) is 5.41 Å². The van der Waals surface area contributed by atoms with E-state index in [9.17, 15) is 0 Å². The summed E-state index contributed by atoms with van der Waals surface area (Å²) in [5.41, 5.74) is 0.643. The third-order valence-electron chi connectivity index (χ3n) is 2.20. The van der Waals surface area contributed by atoms with Gasteiger partial charge in [0.15, 0.2) is 0 Å². The molecular formula is C12H19N3O3. The Kier molecular flexibility index (Phi) is 6.78. The highest BCUT2D eigenvalue weighted by Crippen LogP contribution is 2.25. The topological polar surface area (TPSA) is 80.8 Å². The van der Waals surface area contributed by atoms with E-state index >= 15 is 0 Å². The molecule has 0 amide bonds. The van der Waals surface area contributed by atoms with Crippen molar-refractivity contribution in [2.45, 2.75) is 0 Å². The van der Waals surface area contributed by atoms with Gasteiger partial charge in [-0.15, -0.1) is 0 Å². The molecule has 1 rings (SSSR count). The average molecular weight is 253 g/mol. The highest BCUT2D eigenvalue weighted by molar-refractivity contribution is 5.78. The molecule has 100 valence electrons. The number of para-hydroxylation sites is 2. The van der Waals surface area contributed by atoms with E-state index in [0.717, 1.165) is 6.34 Å². The van der Waals surface area contributed by atoms with Crippen LogP contribution in [0, 0.1) is 5.41 Å². The van der Waals surface area contributed by atoms with Crippen LogP contribution < -0.4 is 15.6 Å². The van der Waals surface area contributed by atoms with Crippen LogP contribution >= 0.6 is 0 Å². The first-order valence-corrected chi connectivity index (χ1v) is 5.62. The van der Waals surface area contributed by atoms with E-state index in [1.807, 2.05) is 12.1 Å². The van der Waals surface area contributed by atoms with E-state index in [0.29, 0.717) is 37.9 Å². The Balaban J connectivity index is 2.39. The predicted molar refractivity (Wildman–Crippen MR) is 70.1 cm³/mol. The monoisotopic (exact) mass is 253 g/mol. The largest absolute Gasteiger partial charge is 0.489 e. The summed E-state index contributed by atoms with van der Waals surface area (Å²) in [6.45, 7) is 2.02. The Hall–Kier alpha value is -1.63. The Morgan fingerprint density at radius 3 is 2.67 bits per heavy atom. The minimum Gasteiger partial charge on any atom is -0.489 e. The van der Waals surface area contributed by atoms with Crippen molar-refractivity contribution in [2.75, 3.05) is 38.5 Å². The Morgan fingerprint density at radius 1 is 1.22 bits per heavy atom. The maximum absolute atomic E-state index is 7.11. The van der Waals surface area contributed by atoms with Crippen LogP contribution in [0.2, 0.25) is 0 Å². The Labute approximate surface area is 107 Å². The van der Waals surface area contributed by atoms with E-state index in [4.69, 9.17) is 25.5 Å². The van der Waals surface area contributed by atoms with Crippen LogP contribution in [0.4, 0.5) is 5.69 Å². The molecule has 6 nitrogen and oxygen atoms in total.